The lowest BCUT2D eigenvalue weighted by atomic mass is 10.0. The first-order chi connectivity index (χ1) is 12.5. The molecule has 1 unspecified atom stereocenters. The summed E-state index contributed by atoms with van der Waals surface area (Å²) in [6.07, 6.45) is 0. The molecule has 1 aliphatic heterocycles. The average Bonchev–Trinajstić information content (AvgIpc) is 2.68. The van der Waals surface area contributed by atoms with Crippen LogP contribution in [0.4, 0.5) is 0 Å². The molecular formula is C19H24N2O4S. The molecule has 2 aromatic carbocycles. The smallest absolute Gasteiger partial charge is 0.243 e. The number of likely N-dealkylation sites (N-methyl/N-ethyl adjacent to an activating group) is 1. The summed E-state index contributed by atoms with van der Waals surface area (Å²) in [6, 6.07) is 14.3. The van der Waals surface area contributed by atoms with Crippen molar-refractivity contribution in [3.8, 4) is 11.5 Å². The molecule has 0 aromatic heterocycles. The Kier molecular flexibility index (Phi) is 5.50. The van der Waals surface area contributed by atoms with Gasteiger partial charge >= 0.3 is 0 Å². The van der Waals surface area contributed by atoms with Crippen LogP contribution in [0.1, 0.15) is 11.6 Å². The molecule has 2 aromatic rings. The minimum atomic E-state index is -3.54. The molecular weight excluding hydrogens is 352 g/mol. The van der Waals surface area contributed by atoms with Crippen molar-refractivity contribution in [2.75, 3.05) is 40.9 Å². The van der Waals surface area contributed by atoms with Crippen molar-refractivity contribution in [3.63, 3.8) is 0 Å². The van der Waals surface area contributed by atoms with Gasteiger partial charge in [0.2, 0.25) is 10.0 Å². The first kappa shape index (κ1) is 18.7. The third-order valence-corrected chi connectivity index (χ3v) is 6.69. The summed E-state index contributed by atoms with van der Waals surface area (Å²) in [5.74, 6) is 1.42. The van der Waals surface area contributed by atoms with Crippen molar-refractivity contribution in [1.82, 2.24) is 9.21 Å². The summed E-state index contributed by atoms with van der Waals surface area (Å²) in [7, 11) is 1.67. The minimum Gasteiger partial charge on any atom is -0.497 e. The van der Waals surface area contributed by atoms with Crippen molar-refractivity contribution in [2.45, 2.75) is 10.9 Å². The largest absolute Gasteiger partial charge is 0.497 e. The number of nitrogens with zero attached hydrogens (tertiary/aromatic N) is 2. The Bertz CT molecular complexity index is 835. The van der Waals surface area contributed by atoms with E-state index in [9.17, 15) is 8.42 Å². The fraction of sp³-hybridized carbons (Fsp3) is 0.368. The van der Waals surface area contributed by atoms with Crippen molar-refractivity contribution in [3.05, 3.63) is 54.1 Å². The second-order valence-electron chi connectivity index (χ2n) is 6.31. The maximum Gasteiger partial charge on any atom is 0.243 e. The molecule has 1 heterocycles. The Hall–Kier alpha value is -2.09. The summed E-state index contributed by atoms with van der Waals surface area (Å²) in [5.41, 5.74) is 1.07. The standard InChI is InChI=1S/C19H24N2O4S/c1-20-12-13-21(14-19(20)15-4-6-16(24-2)7-5-15)26(22,23)18-10-8-17(25-3)9-11-18/h4-11,19H,12-14H2,1-3H3. The first-order valence-electron chi connectivity index (χ1n) is 8.44. The van der Waals surface area contributed by atoms with Crippen LogP contribution in [-0.2, 0) is 10.0 Å². The van der Waals surface area contributed by atoms with E-state index in [1.807, 2.05) is 31.3 Å². The zero-order valence-corrected chi connectivity index (χ0v) is 16.1. The Balaban J connectivity index is 1.83. The van der Waals surface area contributed by atoms with Gasteiger partial charge in [0.1, 0.15) is 11.5 Å². The zero-order valence-electron chi connectivity index (χ0n) is 15.3. The lowest BCUT2D eigenvalue weighted by molar-refractivity contribution is 0.148. The maximum absolute atomic E-state index is 13.0. The topological polar surface area (TPSA) is 59.1 Å². The highest BCUT2D eigenvalue weighted by molar-refractivity contribution is 7.89. The van der Waals surface area contributed by atoms with E-state index in [1.54, 1.807) is 42.8 Å². The fourth-order valence-corrected chi connectivity index (χ4v) is 4.59. The number of ether oxygens (including phenoxy) is 2. The van der Waals surface area contributed by atoms with Crippen molar-refractivity contribution in [2.24, 2.45) is 0 Å². The molecule has 0 saturated carbocycles. The van der Waals surface area contributed by atoms with Gasteiger partial charge in [0, 0.05) is 25.7 Å². The summed E-state index contributed by atoms with van der Waals surface area (Å²) < 4.78 is 37.9. The van der Waals surface area contributed by atoms with Crippen LogP contribution in [-0.4, -0.2) is 58.5 Å². The van der Waals surface area contributed by atoms with Gasteiger partial charge in [-0.15, -0.1) is 0 Å². The van der Waals surface area contributed by atoms with Gasteiger partial charge in [0.25, 0.3) is 0 Å². The third kappa shape index (κ3) is 3.70. The predicted molar refractivity (Wildman–Crippen MR) is 100 cm³/mol. The van der Waals surface area contributed by atoms with Crippen molar-refractivity contribution in [1.29, 1.82) is 0 Å². The molecule has 0 radical (unpaired) electrons. The Labute approximate surface area is 155 Å². The molecule has 0 N–H and O–H groups in total. The average molecular weight is 376 g/mol. The molecule has 1 aliphatic rings. The second-order valence-corrected chi connectivity index (χ2v) is 8.25. The van der Waals surface area contributed by atoms with E-state index in [1.165, 1.54) is 0 Å². The number of benzene rings is 2. The number of methoxy groups -OCH3 is 2. The molecule has 26 heavy (non-hydrogen) atoms. The van der Waals surface area contributed by atoms with E-state index in [-0.39, 0.29) is 10.9 Å². The molecule has 0 bridgehead atoms. The molecule has 1 atom stereocenters. The Morgan fingerprint density at radius 2 is 1.42 bits per heavy atom. The molecule has 7 heteroatoms. The van der Waals surface area contributed by atoms with Crippen LogP contribution >= 0.6 is 0 Å². The number of hydrogen-bond acceptors (Lipinski definition) is 5. The molecule has 1 saturated heterocycles. The second kappa shape index (κ2) is 7.65. The highest BCUT2D eigenvalue weighted by Crippen LogP contribution is 2.29. The van der Waals surface area contributed by atoms with Crippen LogP contribution in [0.15, 0.2) is 53.4 Å². The molecule has 1 fully saturated rings. The highest BCUT2D eigenvalue weighted by atomic mass is 32.2. The first-order valence-corrected chi connectivity index (χ1v) is 9.88. The van der Waals surface area contributed by atoms with Gasteiger partial charge in [0.05, 0.1) is 19.1 Å². The van der Waals surface area contributed by atoms with Gasteiger partial charge in [-0.05, 0) is 49.0 Å². The fourth-order valence-electron chi connectivity index (χ4n) is 3.15. The van der Waals surface area contributed by atoms with E-state index in [4.69, 9.17) is 9.47 Å². The summed E-state index contributed by atoms with van der Waals surface area (Å²) >= 11 is 0. The minimum absolute atomic E-state index is 0.00248. The van der Waals surface area contributed by atoms with E-state index in [2.05, 4.69) is 4.90 Å². The van der Waals surface area contributed by atoms with E-state index in [0.29, 0.717) is 25.4 Å². The molecule has 0 aliphatic carbocycles. The van der Waals surface area contributed by atoms with E-state index >= 15 is 0 Å². The van der Waals surface area contributed by atoms with Crippen LogP contribution in [0.25, 0.3) is 0 Å². The SMILES string of the molecule is COc1ccc(C2CN(S(=O)(=O)c3ccc(OC)cc3)CCN2C)cc1. The van der Waals surface area contributed by atoms with Gasteiger partial charge in [0.15, 0.2) is 0 Å². The van der Waals surface area contributed by atoms with Gasteiger partial charge in [-0.1, -0.05) is 12.1 Å². The van der Waals surface area contributed by atoms with Crippen molar-refractivity contribution >= 4 is 10.0 Å². The Morgan fingerprint density at radius 3 is 1.96 bits per heavy atom. The maximum atomic E-state index is 13.0. The highest BCUT2D eigenvalue weighted by Gasteiger charge is 2.33. The molecule has 0 spiro atoms. The quantitative estimate of drug-likeness (QED) is 0.802. The van der Waals surface area contributed by atoms with Crippen LogP contribution in [0.2, 0.25) is 0 Å². The van der Waals surface area contributed by atoms with Gasteiger partial charge in [-0.2, -0.15) is 4.31 Å². The monoisotopic (exact) mass is 376 g/mol. The van der Waals surface area contributed by atoms with Crippen LogP contribution in [0.5, 0.6) is 11.5 Å². The van der Waals surface area contributed by atoms with Crippen LogP contribution in [0, 0.1) is 0 Å². The summed E-state index contributed by atoms with van der Waals surface area (Å²) in [4.78, 5) is 2.47. The lowest BCUT2D eigenvalue weighted by Gasteiger charge is -2.39. The summed E-state index contributed by atoms with van der Waals surface area (Å²) in [6.45, 7) is 1.56. The third-order valence-electron chi connectivity index (χ3n) is 4.81. The molecule has 3 rings (SSSR count). The van der Waals surface area contributed by atoms with Gasteiger partial charge in [-0.3, -0.25) is 4.90 Å². The molecule has 6 nitrogen and oxygen atoms in total. The van der Waals surface area contributed by atoms with Crippen LogP contribution in [0.3, 0.4) is 0 Å². The number of hydrogen-bond donors (Lipinski definition) is 0. The van der Waals surface area contributed by atoms with Crippen LogP contribution < -0.4 is 9.47 Å². The number of rotatable bonds is 5. The number of sulfonamides is 1. The van der Waals surface area contributed by atoms with E-state index < -0.39 is 10.0 Å². The van der Waals surface area contributed by atoms with Gasteiger partial charge < -0.3 is 9.47 Å². The zero-order chi connectivity index (χ0) is 18.7. The normalized spacial score (nSPS) is 19.3. The lowest BCUT2D eigenvalue weighted by Crippen LogP contribution is -2.48. The number of piperazine rings is 1. The molecule has 140 valence electrons. The van der Waals surface area contributed by atoms with Crippen molar-refractivity contribution < 1.29 is 17.9 Å². The molecule has 0 amide bonds. The predicted octanol–water partition coefficient (Wildman–Crippen LogP) is 2.38. The van der Waals surface area contributed by atoms with E-state index in [0.717, 1.165) is 11.3 Å². The summed E-state index contributed by atoms with van der Waals surface area (Å²) in [5, 5.41) is 0. The van der Waals surface area contributed by atoms with Gasteiger partial charge in [-0.25, -0.2) is 8.42 Å². The Morgan fingerprint density at radius 1 is 0.885 bits per heavy atom.